The number of carbonyl (C=O) groups is 1. The zero-order valence-electron chi connectivity index (χ0n) is 20.0. The molecule has 2 aromatic carbocycles. The number of piperazine rings is 1. The quantitative estimate of drug-likeness (QED) is 0.480. The summed E-state index contributed by atoms with van der Waals surface area (Å²) < 4.78 is 24.9. The summed E-state index contributed by atoms with van der Waals surface area (Å²) in [6.07, 6.45) is 1.52. The first-order chi connectivity index (χ1) is 16.9. The van der Waals surface area contributed by atoms with Crippen molar-refractivity contribution in [3.8, 4) is 11.5 Å². The molecule has 0 atom stereocenters. The van der Waals surface area contributed by atoms with Gasteiger partial charge in [0.1, 0.15) is 35.3 Å². The first-order valence-corrected chi connectivity index (χ1v) is 11.7. The molecule has 8 heteroatoms. The van der Waals surface area contributed by atoms with E-state index in [1.54, 1.807) is 18.3 Å². The van der Waals surface area contributed by atoms with E-state index in [1.807, 2.05) is 38.1 Å². The third-order valence-corrected chi connectivity index (χ3v) is 5.83. The van der Waals surface area contributed by atoms with Crippen molar-refractivity contribution in [2.75, 3.05) is 31.1 Å². The van der Waals surface area contributed by atoms with E-state index in [-0.39, 0.29) is 30.0 Å². The largest absolute Gasteiger partial charge is 0.507 e. The molecule has 35 heavy (non-hydrogen) atoms. The first-order valence-electron chi connectivity index (χ1n) is 11.7. The number of halogens is 1. The van der Waals surface area contributed by atoms with Gasteiger partial charge in [-0.2, -0.15) is 0 Å². The third kappa shape index (κ3) is 6.27. The van der Waals surface area contributed by atoms with Crippen LogP contribution in [-0.2, 0) is 17.9 Å². The highest BCUT2D eigenvalue weighted by Gasteiger charge is 2.23. The summed E-state index contributed by atoms with van der Waals surface area (Å²) in [5.41, 5.74) is 1.77. The summed E-state index contributed by atoms with van der Waals surface area (Å²) in [5, 5.41) is 9.81. The molecule has 184 valence electrons. The molecule has 4 rings (SSSR count). The zero-order chi connectivity index (χ0) is 24.8. The van der Waals surface area contributed by atoms with Gasteiger partial charge in [-0.15, -0.1) is 0 Å². The summed E-state index contributed by atoms with van der Waals surface area (Å²) in [5.74, 6) is 0.321. The van der Waals surface area contributed by atoms with E-state index in [4.69, 9.17) is 9.47 Å². The fraction of sp³-hybridized carbons (Fsp3) is 0.333. The van der Waals surface area contributed by atoms with E-state index in [2.05, 4.69) is 14.8 Å². The van der Waals surface area contributed by atoms with Crippen LogP contribution in [0.3, 0.4) is 0 Å². The highest BCUT2D eigenvalue weighted by molar-refractivity contribution is 5.94. The van der Waals surface area contributed by atoms with Gasteiger partial charge in [0.25, 0.3) is 0 Å². The maximum atomic E-state index is 13.8. The third-order valence-electron chi connectivity index (χ3n) is 5.83. The van der Waals surface area contributed by atoms with Crippen molar-refractivity contribution in [1.82, 2.24) is 9.88 Å². The molecule has 7 nitrogen and oxygen atoms in total. The van der Waals surface area contributed by atoms with Crippen LogP contribution in [0.15, 0.2) is 60.8 Å². The molecule has 1 fully saturated rings. The summed E-state index contributed by atoms with van der Waals surface area (Å²) in [4.78, 5) is 21.4. The molecule has 1 aliphatic heterocycles. The van der Waals surface area contributed by atoms with Crippen LogP contribution in [0.4, 0.5) is 10.2 Å². The lowest BCUT2D eigenvalue weighted by Gasteiger charge is -2.36. The van der Waals surface area contributed by atoms with Gasteiger partial charge in [0.05, 0.1) is 11.7 Å². The maximum Gasteiger partial charge on any atom is 0.342 e. The van der Waals surface area contributed by atoms with Gasteiger partial charge >= 0.3 is 5.97 Å². The normalized spacial score (nSPS) is 14.2. The second-order valence-electron chi connectivity index (χ2n) is 8.76. The molecule has 3 aromatic rings. The van der Waals surface area contributed by atoms with Crippen molar-refractivity contribution in [3.05, 3.63) is 83.3 Å². The lowest BCUT2D eigenvalue weighted by atomic mass is 10.1. The Bertz CT molecular complexity index is 1130. The number of aromatic nitrogens is 1. The molecular formula is C27H30FN3O4. The van der Waals surface area contributed by atoms with Crippen molar-refractivity contribution in [3.63, 3.8) is 0 Å². The topological polar surface area (TPSA) is 75.1 Å². The molecule has 0 spiro atoms. The SMILES string of the molecule is CC(C)OC(=O)c1cccnc1N1CCN(Cc2ccc(OCc3c(O)cccc3F)cc2)CC1. The number of esters is 1. The van der Waals surface area contributed by atoms with E-state index in [0.717, 1.165) is 38.3 Å². The molecule has 1 aliphatic rings. The van der Waals surface area contributed by atoms with Gasteiger partial charge in [-0.25, -0.2) is 14.2 Å². The first kappa shape index (κ1) is 24.5. The van der Waals surface area contributed by atoms with Gasteiger partial charge in [0.2, 0.25) is 0 Å². The van der Waals surface area contributed by atoms with Crippen molar-refractivity contribution < 1.29 is 23.8 Å². The summed E-state index contributed by atoms with van der Waals surface area (Å²) >= 11 is 0. The Morgan fingerprint density at radius 1 is 1.06 bits per heavy atom. The van der Waals surface area contributed by atoms with Crippen LogP contribution >= 0.6 is 0 Å². The highest BCUT2D eigenvalue weighted by atomic mass is 19.1. The Morgan fingerprint density at radius 2 is 1.80 bits per heavy atom. The summed E-state index contributed by atoms with van der Waals surface area (Å²) in [6.45, 7) is 7.59. The van der Waals surface area contributed by atoms with Crippen LogP contribution < -0.4 is 9.64 Å². The van der Waals surface area contributed by atoms with Gasteiger partial charge < -0.3 is 19.5 Å². The van der Waals surface area contributed by atoms with E-state index < -0.39 is 5.82 Å². The van der Waals surface area contributed by atoms with Crippen LogP contribution in [0.5, 0.6) is 11.5 Å². The molecule has 2 heterocycles. The van der Waals surface area contributed by atoms with Gasteiger partial charge in [0, 0.05) is 38.9 Å². The smallest absolute Gasteiger partial charge is 0.342 e. The minimum atomic E-state index is -0.490. The average Bonchev–Trinajstić information content (AvgIpc) is 2.85. The predicted molar refractivity (Wildman–Crippen MR) is 131 cm³/mol. The van der Waals surface area contributed by atoms with E-state index >= 15 is 0 Å². The number of carbonyl (C=O) groups excluding carboxylic acids is 1. The van der Waals surface area contributed by atoms with Crippen LogP contribution in [0, 0.1) is 5.82 Å². The Kier molecular flexibility index (Phi) is 7.82. The van der Waals surface area contributed by atoms with Gasteiger partial charge in [-0.3, -0.25) is 4.90 Å². The predicted octanol–water partition coefficient (Wildman–Crippen LogP) is 4.39. The number of anilines is 1. The van der Waals surface area contributed by atoms with Crippen LogP contribution in [-0.4, -0.2) is 53.2 Å². The second-order valence-corrected chi connectivity index (χ2v) is 8.76. The maximum absolute atomic E-state index is 13.8. The van der Waals surface area contributed by atoms with Gasteiger partial charge in [0.15, 0.2) is 0 Å². The van der Waals surface area contributed by atoms with E-state index in [0.29, 0.717) is 17.1 Å². The highest BCUT2D eigenvalue weighted by Crippen LogP contribution is 2.24. The number of aromatic hydroxyl groups is 1. The Morgan fingerprint density at radius 3 is 2.49 bits per heavy atom. The van der Waals surface area contributed by atoms with Crippen molar-refractivity contribution in [1.29, 1.82) is 0 Å². The molecule has 0 amide bonds. The lowest BCUT2D eigenvalue weighted by Crippen LogP contribution is -2.46. The summed E-state index contributed by atoms with van der Waals surface area (Å²) in [7, 11) is 0. The number of hydrogen-bond acceptors (Lipinski definition) is 7. The van der Waals surface area contributed by atoms with E-state index in [9.17, 15) is 14.3 Å². The molecule has 1 saturated heterocycles. The number of phenolic OH excluding ortho intramolecular Hbond substituents is 1. The number of hydrogen-bond donors (Lipinski definition) is 1. The molecule has 0 unspecified atom stereocenters. The summed E-state index contributed by atoms with van der Waals surface area (Å²) in [6, 6.07) is 15.4. The number of rotatable bonds is 8. The Balaban J connectivity index is 1.30. The molecule has 1 aromatic heterocycles. The van der Waals surface area contributed by atoms with Crippen molar-refractivity contribution in [2.24, 2.45) is 0 Å². The molecular weight excluding hydrogens is 449 g/mol. The number of nitrogens with zero attached hydrogens (tertiary/aromatic N) is 3. The van der Waals surface area contributed by atoms with Crippen LogP contribution in [0.2, 0.25) is 0 Å². The average molecular weight is 480 g/mol. The van der Waals surface area contributed by atoms with Crippen molar-refractivity contribution in [2.45, 2.75) is 33.1 Å². The van der Waals surface area contributed by atoms with Crippen molar-refractivity contribution >= 4 is 11.8 Å². The fourth-order valence-electron chi connectivity index (χ4n) is 4.00. The molecule has 0 aliphatic carbocycles. The van der Waals surface area contributed by atoms with Gasteiger partial charge in [-0.1, -0.05) is 18.2 Å². The van der Waals surface area contributed by atoms with Crippen LogP contribution in [0.1, 0.15) is 35.3 Å². The fourth-order valence-corrected chi connectivity index (χ4v) is 4.00. The lowest BCUT2D eigenvalue weighted by molar-refractivity contribution is 0.0378. The Hall–Kier alpha value is -3.65. The van der Waals surface area contributed by atoms with Crippen LogP contribution in [0.25, 0.3) is 0 Å². The molecule has 0 saturated carbocycles. The number of ether oxygens (including phenoxy) is 2. The second kappa shape index (κ2) is 11.2. The number of benzene rings is 2. The van der Waals surface area contributed by atoms with Gasteiger partial charge in [-0.05, 0) is 55.8 Å². The number of phenols is 1. The molecule has 1 N–H and O–H groups in total. The molecule has 0 bridgehead atoms. The zero-order valence-corrected chi connectivity index (χ0v) is 20.0. The monoisotopic (exact) mass is 479 g/mol. The van der Waals surface area contributed by atoms with E-state index in [1.165, 1.54) is 18.2 Å². The number of pyridine rings is 1. The minimum absolute atomic E-state index is 0.0416. The minimum Gasteiger partial charge on any atom is -0.507 e. The molecule has 0 radical (unpaired) electrons. The standard InChI is InChI=1S/C27H30FN3O4/c1-19(2)35-27(33)22-5-4-12-29-26(22)31-15-13-30(14-16-31)17-20-8-10-21(11-9-20)34-18-23-24(28)6-3-7-25(23)32/h3-12,19,32H,13-18H2,1-2H3. The Labute approximate surface area is 204 Å².